The van der Waals surface area contributed by atoms with Crippen molar-refractivity contribution in [1.82, 2.24) is 19.9 Å². The summed E-state index contributed by atoms with van der Waals surface area (Å²) in [4.78, 5) is 28.8. The molecule has 196 valence electrons. The molecule has 1 fully saturated rings. The van der Waals surface area contributed by atoms with Crippen LogP contribution in [0.25, 0.3) is 22.0 Å². The molecule has 7 heteroatoms. The van der Waals surface area contributed by atoms with Gasteiger partial charge in [-0.05, 0) is 67.1 Å². The van der Waals surface area contributed by atoms with Gasteiger partial charge in [0.15, 0.2) is 0 Å². The van der Waals surface area contributed by atoms with Crippen molar-refractivity contribution in [1.29, 1.82) is 0 Å². The SMILES string of the molecule is Cc1cccc(CNc2ncnc3ccc(-c4cccc(CN(C(=O)Cc5csc(C)n5)C5CC5)c4)cc23)c1. The van der Waals surface area contributed by atoms with Gasteiger partial charge in [0, 0.05) is 29.9 Å². The predicted octanol–water partition coefficient (Wildman–Crippen LogP) is 6.72. The minimum Gasteiger partial charge on any atom is -0.365 e. The van der Waals surface area contributed by atoms with Crippen LogP contribution >= 0.6 is 11.3 Å². The maximum Gasteiger partial charge on any atom is 0.229 e. The van der Waals surface area contributed by atoms with Crippen LogP contribution in [-0.2, 0) is 24.3 Å². The second kappa shape index (κ2) is 10.9. The Bertz CT molecular complexity index is 1640. The number of hydrogen-bond donors (Lipinski definition) is 1. The quantitative estimate of drug-likeness (QED) is 0.228. The van der Waals surface area contributed by atoms with Crippen molar-refractivity contribution < 1.29 is 4.79 Å². The van der Waals surface area contributed by atoms with Crippen molar-refractivity contribution in [3.05, 3.63) is 106 Å². The summed E-state index contributed by atoms with van der Waals surface area (Å²) in [5.41, 5.74) is 7.56. The summed E-state index contributed by atoms with van der Waals surface area (Å²) in [6, 6.07) is 23.6. The van der Waals surface area contributed by atoms with Gasteiger partial charge in [0.2, 0.25) is 5.91 Å². The third kappa shape index (κ3) is 5.99. The van der Waals surface area contributed by atoms with Gasteiger partial charge in [0.25, 0.3) is 0 Å². The van der Waals surface area contributed by atoms with Crippen LogP contribution in [0.4, 0.5) is 5.82 Å². The average Bonchev–Trinajstić information content (AvgIpc) is 3.71. The first-order valence-electron chi connectivity index (χ1n) is 13.4. The molecule has 1 aliphatic rings. The molecule has 1 N–H and O–H groups in total. The summed E-state index contributed by atoms with van der Waals surface area (Å²) in [6.07, 6.45) is 4.12. The number of nitrogens with one attached hydrogen (secondary N) is 1. The molecular formula is C32H31N5OS. The van der Waals surface area contributed by atoms with Crippen molar-refractivity contribution in [2.24, 2.45) is 0 Å². The second-order valence-corrected chi connectivity index (χ2v) is 11.3. The molecule has 5 aromatic rings. The molecule has 0 aliphatic heterocycles. The zero-order valence-corrected chi connectivity index (χ0v) is 23.0. The smallest absolute Gasteiger partial charge is 0.229 e. The Morgan fingerprint density at radius 3 is 2.59 bits per heavy atom. The highest BCUT2D eigenvalue weighted by molar-refractivity contribution is 7.09. The van der Waals surface area contributed by atoms with Crippen molar-refractivity contribution in [3.8, 4) is 11.1 Å². The van der Waals surface area contributed by atoms with Crippen molar-refractivity contribution in [2.75, 3.05) is 5.32 Å². The zero-order valence-electron chi connectivity index (χ0n) is 22.2. The molecule has 39 heavy (non-hydrogen) atoms. The number of anilines is 1. The second-order valence-electron chi connectivity index (χ2n) is 10.3. The fraction of sp³-hybridized carbons (Fsp3) is 0.250. The molecule has 0 unspecified atom stereocenters. The number of aromatic nitrogens is 3. The van der Waals surface area contributed by atoms with E-state index in [4.69, 9.17) is 0 Å². The lowest BCUT2D eigenvalue weighted by Gasteiger charge is -2.22. The van der Waals surface area contributed by atoms with E-state index in [-0.39, 0.29) is 5.91 Å². The lowest BCUT2D eigenvalue weighted by molar-refractivity contribution is -0.131. The number of aryl methyl sites for hydroxylation is 2. The minimum atomic E-state index is 0.153. The Labute approximate surface area is 232 Å². The predicted molar refractivity (Wildman–Crippen MR) is 158 cm³/mol. The van der Waals surface area contributed by atoms with Gasteiger partial charge in [-0.1, -0.05) is 54.1 Å². The Morgan fingerprint density at radius 2 is 1.79 bits per heavy atom. The van der Waals surface area contributed by atoms with E-state index < -0.39 is 0 Å². The number of rotatable bonds is 9. The number of hydrogen-bond acceptors (Lipinski definition) is 6. The van der Waals surface area contributed by atoms with Crippen LogP contribution in [0.1, 0.15) is 40.2 Å². The molecule has 0 atom stereocenters. The Morgan fingerprint density at radius 1 is 0.974 bits per heavy atom. The lowest BCUT2D eigenvalue weighted by atomic mass is 10.0. The van der Waals surface area contributed by atoms with E-state index in [2.05, 4.69) is 87.9 Å². The molecule has 2 heterocycles. The number of nitrogens with zero attached hydrogens (tertiary/aromatic N) is 4. The Kier molecular flexibility index (Phi) is 7.07. The van der Waals surface area contributed by atoms with Crippen LogP contribution in [0.5, 0.6) is 0 Å². The molecule has 6 nitrogen and oxygen atoms in total. The minimum absolute atomic E-state index is 0.153. The lowest BCUT2D eigenvalue weighted by Crippen LogP contribution is -2.33. The van der Waals surface area contributed by atoms with Gasteiger partial charge in [-0.2, -0.15) is 0 Å². The number of thiazole rings is 1. The van der Waals surface area contributed by atoms with Gasteiger partial charge in [0.1, 0.15) is 12.1 Å². The summed E-state index contributed by atoms with van der Waals surface area (Å²) in [5.74, 6) is 0.975. The van der Waals surface area contributed by atoms with Crippen LogP contribution < -0.4 is 5.32 Å². The molecule has 0 spiro atoms. The van der Waals surface area contributed by atoms with Gasteiger partial charge in [-0.3, -0.25) is 4.79 Å². The van der Waals surface area contributed by atoms with Crippen molar-refractivity contribution in [3.63, 3.8) is 0 Å². The molecule has 1 aliphatic carbocycles. The molecule has 0 bridgehead atoms. The van der Waals surface area contributed by atoms with Gasteiger partial charge in [-0.25, -0.2) is 15.0 Å². The molecule has 1 saturated carbocycles. The third-order valence-corrected chi connectivity index (χ3v) is 7.92. The molecule has 1 amide bonds. The molecular weight excluding hydrogens is 502 g/mol. The van der Waals surface area contributed by atoms with E-state index in [1.807, 2.05) is 23.3 Å². The summed E-state index contributed by atoms with van der Waals surface area (Å²) < 4.78 is 0. The van der Waals surface area contributed by atoms with Crippen LogP contribution in [0.3, 0.4) is 0 Å². The fourth-order valence-corrected chi connectivity index (χ4v) is 5.60. The van der Waals surface area contributed by atoms with Crippen molar-refractivity contribution >= 4 is 34.0 Å². The highest BCUT2D eigenvalue weighted by atomic mass is 32.1. The summed E-state index contributed by atoms with van der Waals surface area (Å²) in [6.45, 7) is 5.38. The van der Waals surface area contributed by atoms with Crippen LogP contribution in [0.2, 0.25) is 0 Å². The maximum atomic E-state index is 13.2. The molecule has 0 saturated heterocycles. The largest absolute Gasteiger partial charge is 0.365 e. The molecule has 6 rings (SSSR count). The van der Waals surface area contributed by atoms with E-state index in [0.29, 0.717) is 25.6 Å². The average molecular weight is 534 g/mol. The van der Waals surface area contributed by atoms with Crippen LogP contribution in [0, 0.1) is 13.8 Å². The van der Waals surface area contributed by atoms with E-state index >= 15 is 0 Å². The monoisotopic (exact) mass is 533 g/mol. The summed E-state index contributed by atoms with van der Waals surface area (Å²) in [5, 5.41) is 7.48. The molecule has 0 radical (unpaired) electrons. The Hall–Kier alpha value is -4.10. The number of amides is 1. The van der Waals surface area contributed by atoms with Gasteiger partial charge in [-0.15, -0.1) is 11.3 Å². The first-order chi connectivity index (χ1) is 19.0. The molecule has 2 aromatic heterocycles. The van der Waals surface area contributed by atoms with Crippen LogP contribution in [-0.4, -0.2) is 31.8 Å². The standard InChI is InChI=1S/C32H31N5OS/c1-21-5-3-6-23(13-21)17-33-32-29-15-26(9-12-30(29)34-20-35-32)25-8-4-7-24(14-25)18-37(28-10-11-28)31(38)16-27-19-39-22(2)36-27/h3-9,12-15,19-20,28H,10-11,16-18H2,1-2H3,(H,33,34,35). The normalized spacial score (nSPS) is 13.0. The first kappa shape index (κ1) is 25.2. The van der Waals surface area contributed by atoms with E-state index in [1.54, 1.807) is 17.7 Å². The number of carbonyl (C=O) groups excluding carboxylic acids is 1. The van der Waals surface area contributed by atoms with Crippen molar-refractivity contribution in [2.45, 2.75) is 52.2 Å². The zero-order chi connectivity index (χ0) is 26.8. The Balaban J connectivity index is 1.23. The van der Waals surface area contributed by atoms with Gasteiger partial charge >= 0.3 is 0 Å². The summed E-state index contributed by atoms with van der Waals surface area (Å²) >= 11 is 1.59. The summed E-state index contributed by atoms with van der Waals surface area (Å²) in [7, 11) is 0. The maximum absolute atomic E-state index is 13.2. The van der Waals surface area contributed by atoms with Gasteiger partial charge in [0.05, 0.1) is 22.6 Å². The third-order valence-electron chi connectivity index (χ3n) is 7.10. The highest BCUT2D eigenvalue weighted by Gasteiger charge is 2.32. The van der Waals surface area contributed by atoms with Gasteiger partial charge < -0.3 is 10.2 Å². The highest BCUT2D eigenvalue weighted by Crippen LogP contribution is 2.31. The first-order valence-corrected chi connectivity index (χ1v) is 14.2. The topological polar surface area (TPSA) is 71.0 Å². The van der Waals surface area contributed by atoms with E-state index in [9.17, 15) is 4.79 Å². The molecule has 3 aromatic carbocycles. The van der Waals surface area contributed by atoms with E-state index in [1.165, 1.54) is 11.1 Å². The van der Waals surface area contributed by atoms with E-state index in [0.717, 1.165) is 57.0 Å². The number of benzene rings is 3. The number of fused-ring (bicyclic) bond motifs is 1. The number of carbonyl (C=O) groups is 1. The van der Waals surface area contributed by atoms with Crippen LogP contribution in [0.15, 0.2) is 78.4 Å². The fourth-order valence-electron chi connectivity index (χ4n) is 4.98.